The third kappa shape index (κ3) is 2.73. The van der Waals surface area contributed by atoms with Gasteiger partial charge in [0, 0.05) is 25.3 Å². The van der Waals surface area contributed by atoms with Gasteiger partial charge in [0.25, 0.3) is 0 Å². The van der Waals surface area contributed by atoms with Crippen molar-refractivity contribution in [3.8, 4) is 0 Å². The predicted octanol–water partition coefficient (Wildman–Crippen LogP) is 2.24. The number of hydrogen-bond donors (Lipinski definition) is 1. The third-order valence-electron chi connectivity index (χ3n) is 4.61. The molecular weight excluding hydrogens is 252 g/mol. The van der Waals surface area contributed by atoms with E-state index >= 15 is 0 Å². The van der Waals surface area contributed by atoms with Crippen molar-refractivity contribution in [2.45, 2.75) is 37.8 Å². The van der Waals surface area contributed by atoms with Gasteiger partial charge in [0.1, 0.15) is 0 Å². The van der Waals surface area contributed by atoms with E-state index in [9.17, 15) is 0 Å². The van der Waals surface area contributed by atoms with Crippen molar-refractivity contribution in [1.29, 1.82) is 0 Å². The highest BCUT2D eigenvalue weighted by molar-refractivity contribution is 5.15. The van der Waals surface area contributed by atoms with Crippen LogP contribution in [0.3, 0.4) is 0 Å². The van der Waals surface area contributed by atoms with Crippen LogP contribution in [0.25, 0.3) is 0 Å². The second-order valence-corrected chi connectivity index (χ2v) is 6.06. The summed E-state index contributed by atoms with van der Waals surface area (Å²) < 4.78 is 11.6. The van der Waals surface area contributed by atoms with Crippen LogP contribution in [-0.2, 0) is 9.47 Å². The molecule has 3 rings (SSSR count). The Hall–Kier alpha value is -0.970. The monoisotopic (exact) mass is 276 g/mol. The number of nitrogens with one attached hydrogen (secondary N) is 1. The average Bonchev–Trinajstić information content (AvgIpc) is 2.88. The molecule has 4 heteroatoms. The molecule has 110 valence electrons. The lowest BCUT2D eigenvalue weighted by atomic mass is 9.80. The van der Waals surface area contributed by atoms with Gasteiger partial charge in [-0.15, -0.1) is 0 Å². The summed E-state index contributed by atoms with van der Waals surface area (Å²) in [4.78, 5) is 4.70. The van der Waals surface area contributed by atoms with Crippen LogP contribution in [0.5, 0.6) is 0 Å². The molecule has 20 heavy (non-hydrogen) atoms. The second kappa shape index (κ2) is 5.80. The molecule has 3 unspecified atom stereocenters. The van der Waals surface area contributed by atoms with E-state index in [1.54, 1.807) is 0 Å². The van der Waals surface area contributed by atoms with E-state index in [1.165, 1.54) is 0 Å². The molecule has 4 nitrogen and oxygen atoms in total. The summed E-state index contributed by atoms with van der Waals surface area (Å²) in [5.41, 5.74) is 2.18. The molecular formula is C16H24N2O2. The van der Waals surface area contributed by atoms with Crippen LogP contribution < -0.4 is 5.32 Å². The van der Waals surface area contributed by atoms with E-state index in [-0.39, 0.29) is 5.60 Å². The normalized spacial score (nSPS) is 31.6. The van der Waals surface area contributed by atoms with E-state index < -0.39 is 0 Å². The lowest BCUT2D eigenvalue weighted by molar-refractivity contribution is -0.103. The summed E-state index contributed by atoms with van der Waals surface area (Å²) in [7, 11) is 2.03. The Morgan fingerprint density at radius 3 is 3.00 bits per heavy atom. The van der Waals surface area contributed by atoms with Gasteiger partial charge >= 0.3 is 0 Å². The molecule has 0 amide bonds. The summed E-state index contributed by atoms with van der Waals surface area (Å²) in [6.07, 6.45) is 3.18. The zero-order valence-electron chi connectivity index (χ0n) is 12.4. The molecule has 0 radical (unpaired) electrons. The van der Waals surface area contributed by atoms with Crippen LogP contribution >= 0.6 is 0 Å². The molecule has 3 heterocycles. The number of pyridine rings is 1. The number of rotatable bonds is 3. The van der Waals surface area contributed by atoms with E-state index in [0.717, 1.165) is 50.5 Å². The van der Waals surface area contributed by atoms with Gasteiger partial charge in [0.2, 0.25) is 0 Å². The third-order valence-corrected chi connectivity index (χ3v) is 4.61. The van der Waals surface area contributed by atoms with Gasteiger partial charge in [-0.2, -0.15) is 0 Å². The fraction of sp³-hybridized carbons (Fsp3) is 0.688. The largest absolute Gasteiger partial charge is 0.378 e. The minimum atomic E-state index is -0.0398. The molecule has 3 atom stereocenters. The highest BCUT2D eigenvalue weighted by Gasteiger charge is 2.43. The Morgan fingerprint density at radius 2 is 2.30 bits per heavy atom. The molecule has 1 aromatic heterocycles. The Balaban J connectivity index is 1.78. The Kier molecular flexibility index (Phi) is 4.06. The van der Waals surface area contributed by atoms with Crippen LogP contribution in [0.2, 0.25) is 0 Å². The van der Waals surface area contributed by atoms with Gasteiger partial charge in [0.15, 0.2) is 0 Å². The zero-order chi connectivity index (χ0) is 14.0. The topological polar surface area (TPSA) is 43.4 Å². The maximum Gasteiger partial charge on any atom is 0.0940 e. The zero-order valence-corrected chi connectivity index (χ0v) is 12.4. The van der Waals surface area contributed by atoms with Crippen LogP contribution in [-0.4, -0.2) is 37.5 Å². The average molecular weight is 276 g/mol. The summed E-state index contributed by atoms with van der Waals surface area (Å²) in [6.45, 7) is 4.46. The first-order valence-electron chi connectivity index (χ1n) is 7.55. The van der Waals surface area contributed by atoms with Gasteiger partial charge in [-0.1, -0.05) is 6.07 Å². The Morgan fingerprint density at radius 1 is 1.40 bits per heavy atom. The molecule has 2 fully saturated rings. The van der Waals surface area contributed by atoms with E-state index in [2.05, 4.69) is 17.4 Å². The summed E-state index contributed by atoms with van der Waals surface area (Å²) in [6, 6.07) is 6.57. The fourth-order valence-corrected chi connectivity index (χ4v) is 3.58. The number of nitrogens with zero attached hydrogens (tertiary/aromatic N) is 1. The minimum Gasteiger partial charge on any atom is -0.378 e. The van der Waals surface area contributed by atoms with Crippen molar-refractivity contribution in [1.82, 2.24) is 10.3 Å². The van der Waals surface area contributed by atoms with E-state index in [0.29, 0.717) is 12.0 Å². The van der Waals surface area contributed by atoms with Gasteiger partial charge in [0.05, 0.1) is 23.9 Å². The van der Waals surface area contributed by atoms with Crippen molar-refractivity contribution >= 4 is 0 Å². The van der Waals surface area contributed by atoms with Crippen LogP contribution in [0.1, 0.15) is 36.7 Å². The van der Waals surface area contributed by atoms with Crippen molar-refractivity contribution in [2.75, 3.05) is 26.9 Å². The lowest BCUT2D eigenvalue weighted by Crippen LogP contribution is -2.43. The minimum absolute atomic E-state index is 0.0398. The highest BCUT2D eigenvalue weighted by atomic mass is 16.6. The first-order chi connectivity index (χ1) is 9.72. The molecule has 0 aliphatic carbocycles. The molecule has 2 aliphatic rings. The second-order valence-electron chi connectivity index (χ2n) is 6.06. The summed E-state index contributed by atoms with van der Waals surface area (Å²) in [5.74, 6) is 0.560. The maximum absolute atomic E-state index is 6.04. The quantitative estimate of drug-likeness (QED) is 0.919. The Labute approximate surface area is 120 Å². The number of ether oxygens (including phenoxy) is 2. The van der Waals surface area contributed by atoms with Gasteiger partial charge in [-0.25, -0.2) is 0 Å². The SMILES string of the molecule is CNC(c1cccc(C)n1)C1CCOC2(CCOC2)C1. The first kappa shape index (κ1) is 14.0. The molecule has 2 aliphatic heterocycles. The smallest absolute Gasteiger partial charge is 0.0940 e. The standard InChI is InChI=1S/C16H24N2O2/c1-12-4-3-5-14(18-12)15(17-2)13-6-8-20-16(10-13)7-9-19-11-16/h3-5,13,15,17H,6-11H2,1-2H3. The molecule has 1 N–H and O–H groups in total. The van der Waals surface area contributed by atoms with E-state index in [1.807, 2.05) is 20.0 Å². The van der Waals surface area contributed by atoms with Gasteiger partial charge in [-0.05, 0) is 44.9 Å². The molecule has 2 saturated heterocycles. The fourth-order valence-electron chi connectivity index (χ4n) is 3.58. The first-order valence-corrected chi connectivity index (χ1v) is 7.55. The van der Waals surface area contributed by atoms with Crippen molar-refractivity contribution < 1.29 is 9.47 Å². The molecule has 0 saturated carbocycles. The molecule has 0 aromatic carbocycles. The van der Waals surface area contributed by atoms with Crippen LogP contribution in [0, 0.1) is 12.8 Å². The van der Waals surface area contributed by atoms with Crippen LogP contribution in [0.15, 0.2) is 18.2 Å². The lowest BCUT2D eigenvalue weighted by Gasteiger charge is -2.40. The summed E-state index contributed by atoms with van der Waals surface area (Å²) in [5, 5.41) is 3.46. The predicted molar refractivity (Wildman–Crippen MR) is 77.6 cm³/mol. The van der Waals surface area contributed by atoms with E-state index in [4.69, 9.17) is 14.5 Å². The molecule has 1 spiro atoms. The highest BCUT2D eigenvalue weighted by Crippen LogP contribution is 2.40. The van der Waals surface area contributed by atoms with Gasteiger partial charge < -0.3 is 14.8 Å². The van der Waals surface area contributed by atoms with Crippen molar-refractivity contribution in [2.24, 2.45) is 5.92 Å². The van der Waals surface area contributed by atoms with Gasteiger partial charge in [-0.3, -0.25) is 4.98 Å². The number of aryl methyl sites for hydroxylation is 1. The van der Waals surface area contributed by atoms with Crippen LogP contribution in [0.4, 0.5) is 0 Å². The summed E-state index contributed by atoms with van der Waals surface area (Å²) >= 11 is 0. The maximum atomic E-state index is 6.04. The molecule has 1 aromatic rings. The number of aromatic nitrogens is 1. The van der Waals surface area contributed by atoms with Crippen molar-refractivity contribution in [3.63, 3.8) is 0 Å². The van der Waals surface area contributed by atoms with Crippen molar-refractivity contribution in [3.05, 3.63) is 29.6 Å². The molecule has 0 bridgehead atoms. The Bertz CT molecular complexity index is 458. The number of hydrogen-bond acceptors (Lipinski definition) is 4.